The maximum absolute atomic E-state index is 4.67. The van der Waals surface area contributed by atoms with Crippen LogP contribution in [0.3, 0.4) is 0 Å². The molecule has 0 atom stereocenters. The summed E-state index contributed by atoms with van der Waals surface area (Å²) in [5, 5.41) is 6.41. The van der Waals surface area contributed by atoms with E-state index in [-0.39, 0.29) is 0 Å². The van der Waals surface area contributed by atoms with Crippen LogP contribution < -0.4 is 5.32 Å². The number of nitrogens with zero attached hydrogens (tertiary/aromatic N) is 1. The Labute approximate surface area is 114 Å². The van der Waals surface area contributed by atoms with Crippen LogP contribution in [0.5, 0.6) is 0 Å². The zero-order chi connectivity index (χ0) is 12.1. The third-order valence-corrected chi connectivity index (χ3v) is 4.13. The van der Waals surface area contributed by atoms with E-state index in [1.54, 1.807) is 11.3 Å². The largest absolute Gasteiger partial charge is 0.320 e. The van der Waals surface area contributed by atoms with Gasteiger partial charge in [0.2, 0.25) is 0 Å². The second-order valence-electron chi connectivity index (χ2n) is 3.83. The van der Waals surface area contributed by atoms with E-state index >= 15 is 0 Å². The van der Waals surface area contributed by atoms with Crippen molar-refractivity contribution in [3.63, 3.8) is 0 Å². The van der Waals surface area contributed by atoms with Crippen LogP contribution in [-0.4, -0.2) is 18.6 Å². The summed E-state index contributed by atoms with van der Waals surface area (Å²) in [7, 11) is 1.98. The quantitative estimate of drug-likeness (QED) is 0.851. The smallest absolute Gasteiger partial charge is 0.124 e. The maximum atomic E-state index is 4.67. The summed E-state index contributed by atoms with van der Waals surface area (Å²) < 4.78 is 1.11. The fraction of sp³-hybridized carbons (Fsp3) is 0.308. The lowest BCUT2D eigenvalue weighted by Crippen LogP contribution is -2.08. The van der Waals surface area contributed by atoms with Crippen LogP contribution in [0.2, 0.25) is 0 Å². The molecule has 4 heteroatoms. The first-order valence-corrected chi connectivity index (χ1v) is 7.32. The van der Waals surface area contributed by atoms with E-state index in [0.717, 1.165) is 28.9 Å². The molecule has 0 unspecified atom stereocenters. The predicted molar refractivity (Wildman–Crippen MR) is 77.5 cm³/mol. The Hall–Kier alpha value is -0.710. The first-order chi connectivity index (χ1) is 8.31. The summed E-state index contributed by atoms with van der Waals surface area (Å²) in [5.41, 5.74) is 2.37. The molecule has 0 saturated heterocycles. The molecular weight excluding hydrogens is 296 g/mol. The Balaban J connectivity index is 2.10. The summed E-state index contributed by atoms with van der Waals surface area (Å²) in [6.07, 6.45) is 2.18. The van der Waals surface area contributed by atoms with Crippen molar-refractivity contribution >= 4 is 27.3 Å². The Morgan fingerprint density at radius 3 is 2.94 bits per heavy atom. The average Bonchev–Trinajstić information content (AvgIpc) is 2.79. The van der Waals surface area contributed by atoms with Gasteiger partial charge in [0.1, 0.15) is 5.01 Å². The summed E-state index contributed by atoms with van der Waals surface area (Å²) in [5.74, 6) is 0. The topological polar surface area (TPSA) is 24.9 Å². The van der Waals surface area contributed by atoms with Crippen LogP contribution in [0, 0.1) is 0 Å². The number of halogens is 1. The fourth-order valence-corrected chi connectivity index (χ4v) is 3.12. The molecule has 1 heterocycles. The van der Waals surface area contributed by atoms with Gasteiger partial charge in [0.15, 0.2) is 0 Å². The van der Waals surface area contributed by atoms with E-state index in [1.165, 1.54) is 11.3 Å². The van der Waals surface area contributed by atoms with Crippen LogP contribution >= 0.6 is 27.3 Å². The highest BCUT2D eigenvalue weighted by Crippen LogP contribution is 2.30. The average molecular weight is 311 g/mol. The van der Waals surface area contributed by atoms with E-state index < -0.39 is 0 Å². The van der Waals surface area contributed by atoms with Gasteiger partial charge in [0, 0.05) is 15.4 Å². The monoisotopic (exact) mass is 310 g/mol. The van der Waals surface area contributed by atoms with E-state index in [0.29, 0.717) is 0 Å². The van der Waals surface area contributed by atoms with Gasteiger partial charge in [-0.2, -0.15) is 0 Å². The first kappa shape index (κ1) is 12.7. The second kappa shape index (κ2) is 6.28. The van der Waals surface area contributed by atoms with Crippen LogP contribution in [0.25, 0.3) is 10.6 Å². The maximum Gasteiger partial charge on any atom is 0.124 e. The van der Waals surface area contributed by atoms with E-state index in [1.807, 2.05) is 19.2 Å². The standard InChI is InChI=1S/C13H15BrN2S/c1-15-8-4-5-10-9-17-13(16-10)11-6-2-3-7-12(11)14/h2-3,6-7,9,15H,4-5,8H2,1H3. The van der Waals surface area contributed by atoms with Gasteiger partial charge in [-0.1, -0.05) is 34.1 Å². The van der Waals surface area contributed by atoms with Gasteiger partial charge in [-0.15, -0.1) is 11.3 Å². The van der Waals surface area contributed by atoms with Crippen molar-refractivity contribution in [2.45, 2.75) is 12.8 Å². The predicted octanol–water partition coefficient (Wildman–Crippen LogP) is 3.72. The molecule has 0 spiro atoms. The molecule has 0 amide bonds. The Morgan fingerprint density at radius 1 is 1.35 bits per heavy atom. The van der Waals surface area contributed by atoms with Crippen molar-refractivity contribution in [3.8, 4) is 10.6 Å². The van der Waals surface area contributed by atoms with Crippen molar-refractivity contribution in [1.29, 1.82) is 0 Å². The second-order valence-corrected chi connectivity index (χ2v) is 5.54. The third-order valence-electron chi connectivity index (χ3n) is 2.52. The number of rotatable bonds is 5. The van der Waals surface area contributed by atoms with Crippen LogP contribution in [0.15, 0.2) is 34.1 Å². The SMILES string of the molecule is CNCCCc1csc(-c2ccccc2Br)n1. The molecule has 17 heavy (non-hydrogen) atoms. The summed E-state index contributed by atoms with van der Waals surface area (Å²) >= 11 is 5.28. The van der Waals surface area contributed by atoms with E-state index in [2.05, 4.69) is 43.7 Å². The highest BCUT2D eigenvalue weighted by atomic mass is 79.9. The molecule has 0 aliphatic carbocycles. The van der Waals surface area contributed by atoms with Crippen molar-refractivity contribution in [2.75, 3.05) is 13.6 Å². The number of aromatic nitrogens is 1. The molecule has 1 aromatic carbocycles. The van der Waals surface area contributed by atoms with Gasteiger partial charge in [-0.25, -0.2) is 4.98 Å². The van der Waals surface area contributed by atoms with Crippen molar-refractivity contribution in [3.05, 3.63) is 39.8 Å². The molecule has 2 aromatic rings. The Kier molecular flexibility index (Phi) is 4.71. The lowest BCUT2D eigenvalue weighted by Gasteiger charge is -1.99. The molecule has 0 aliphatic heterocycles. The van der Waals surface area contributed by atoms with Gasteiger partial charge < -0.3 is 5.32 Å². The molecule has 0 fully saturated rings. The summed E-state index contributed by atoms with van der Waals surface area (Å²) in [4.78, 5) is 4.67. The minimum Gasteiger partial charge on any atom is -0.320 e. The number of hydrogen-bond donors (Lipinski definition) is 1. The Bertz CT molecular complexity index is 482. The minimum atomic E-state index is 1.04. The number of hydrogen-bond acceptors (Lipinski definition) is 3. The molecule has 0 aliphatic rings. The molecule has 0 saturated carbocycles. The zero-order valence-electron chi connectivity index (χ0n) is 9.74. The highest BCUT2D eigenvalue weighted by molar-refractivity contribution is 9.10. The zero-order valence-corrected chi connectivity index (χ0v) is 12.1. The molecule has 2 nitrogen and oxygen atoms in total. The highest BCUT2D eigenvalue weighted by Gasteiger charge is 2.07. The van der Waals surface area contributed by atoms with Crippen LogP contribution in [0.1, 0.15) is 12.1 Å². The first-order valence-electron chi connectivity index (χ1n) is 5.65. The molecule has 1 aromatic heterocycles. The van der Waals surface area contributed by atoms with Crippen LogP contribution in [0.4, 0.5) is 0 Å². The molecule has 0 radical (unpaired) electrons. The third kappa shape index (κ3) is 3.37. The summed E-state index contributed by atoms with van der Waals surface area (Å²) in [6, 6.07) is 8.22. The van der Waals surface area contributed by atoms with Crippen molar-refractivity contribution < 1.29 is 0 Å². The molecule has 0 bridgehead atoms. The van der Waals surface area contributed by atoms with E-state index in [4.69, 9.17) is 0 Å². The molecule has 1 N–H and O–H groups in total. The van der Waals surface area contributed by atoms with Crippen molar-refractivity contribution in [2.24, 2.45) is 0 Å². The summed E-state index contributed by atoms with van der Waals surface area (Å²) in [6.45, 7) is 1.04. The minimum absolute atomic E-state index is 1.04. The van der Waals surface area contributed by atoms with Crippen molar-refractivity contribution in [1.82, 2.24) is 10.3 Å². The Morgan fingerprint density at radius 2 is 2.18 bits per heavy atom. The van der Waals surface area contributed by atoms with Gasteiger partial charge in [0.25, 0.3) is 0 Å². The number of nitrogens with one attached hydrogen (secondary N) is 1. The molecular formula is C13H15BrN2S. The van der Waals surface area contributed by atoms with E-state index in [9.17, 15) is 0 Å². The van der Waals surface area contributed by atoms with Gasteiger partial charge in [-0.3, -0.25) is 0 Å². The lowest BCUT2D eigenvalue weighted by atomic mass is 10.2. The molecule has 90 valence electrons. The number of thiazole rings is 1. The molecule has 2 rings (SSSR count). The van der Waals surface area contributed by atoms with Gasteiger partial charge >= 0.3 is 0 Å². The van der Waals surface area contributed by atoms with Gasteiger partial charge in [0.05, 0.1) is 5.69 Å². The van der Waals surface area contributed by atoms with Gasteiger partial charge in [-0.05, 0) is 32.5 Å². The lowest BCUT2D eigenvalue weighted by molar-refractivity contribution is 0.718. The van der Waals surface area contributed by atoms with Crippen LogP contribution in [-0.2, 0) is 6.42 Å². The number of benzene rings is 1. The fourth-order valence-electron chi connectivity index (χ4n) is 1.63. The number of aryl methyl sites for hydroxylation is 1. The normalized spacial score (nSPS) is 10.7.